The largest absolute Gasteiger partial charge is 0.324 e. The predicted octanol–water partition coefficient (Wildman–Crippen LogP) is 2.09. The highest BCUT2D eigenvalue weighted by molar-refractivity contribution is 8.12. The van der Waals surface area contributed by atoms with Crippen LogP contribution in [0.25, 0.3) is 0 Å². The first kappa shape index (κ1) is 12.3. The van der Waals surface area contributed by atoms with Crippen molar-refractivity contribution in [2.45, 2.75) is 23.3 Å². The highest BCUT2D eigenvalue weighted by Crippen LogP contribution is 2.53. The molecule has 4 nitrogen and oxygen atoms in total. The van der Waals surface area contributed by atoms with Crippen molar-refractivity contribution in [3.63, 3.8) is 0 Å². The van der Waals surface area contributed by atoms with E-state index in [1.54, 1.807) is 11.8 Å². The molecular formula is C11H10ClNO3S2. The molecule has 1 fully saturated rings. The van der Waals surface area contributed by atoms with Crippen LogP contribution in [-0.4, -0.2) is 24.4 Å². The fraction of sp³-hybridized carbons (Fsp3) is 0.364. The predicted molar refractivity (Wildman–Crippen MR) is 69.7 cm³/mol. The average Bonchev–Trinajstić information content (AvgIpc) is 2.26. The van der Waals surface area contributed by atoms with E-state index in [0.29, 0.717) is 6.42 Å². The smallest absolute Gasteiger partial charge is 0.274 e. The van der Waals surface area contributed by atoms with Crippen LogP contribution in [0.3, 0.4) is 0 Å². The molecule has 18 heavy (non-hydrogen) atoms. The Morgan fingerprint density at radius 3 is 2.72 bits per heavy atom. The summed E-state index contributed by atoms with van der Waals surface area (Å²) in [7, 11) is 1.37. The summed E-state index contributed by atoms with van der Waals surface area (Å²) in [4.78, 5) is 12.6. The number of halogens is 1. The van der Waals surface area contributed by atoms with Crippen molar-refractivity contribution in [1.82, 2.24) is 4.31 Å². The minimum absolute atomic E-state index is 0.219. The summed E-state index contributed by atoms with van der Waals surface area (Å²) in [6, 6.07) is 7.59. The monoisotopic (exact) mass is 303 g/mol. The molecule has 0 aliphatic carbocycles. The van der Waals surface area contributed by atoms with Crippen LogP contribution < -0.4 is 0 Å². The van der Waals surface area contributed by atoms with Gasteiger partial charge in [0.2, 0.25) is 5.91 Å². The fourth-order valence-electron chi connectivity index (χ4n) is 2.71. The first-order valence-corrected chi connectivity index (χ1v) is 8.70. The average molecular weight is 304 g/mol. The SMILES string of the molecule is O=C1CC2(CCSc3ccccc32)N1S(=O)(=O)Cl. The summed E-state index contributed by atoms with van der Waals surface area (Å²) in [5.74, 6) is 0.361. The van der Waals surface area contributed by atoms with Crippen molar-refractivity contribution in [3.05, 3.63) is 29.8 Å². The number of nitrogens with zero attached hydrogens (tertiary/aromatic N) is 1. The zero-order valence-electron chi connectivity index (χ0n) is 9.30. The number of rotatable bonds is 1. The maximum atomic E-state index is 11.6. The van der Waals surface area contributed by atoms with Crippen molar-refractivity contribution in [2.24, 2.45) is 0 Å². The van der Waals surface area contributed by atoms with E-state index in [1.807, 2.05) is 24.3 Å². The standard InChI is InChI=1S/C11H10ClNO3S2/c12-18(15,16)13-10(14)7-11(13)5-6-17-9-4-2-1-3-8(9)11/h1-4H,5-7H2. The van der Waals surface area contributed by atoms with E-state index in [4.69, 9.17) is 10.7 Å². The number of fused-ring (bicyclic) bond motifs is 2. The Morgan fingerprint density at radius 1 is 1.33 bits per heavy atom. The Morgan fingerprint density at radius 2 is 2.06 bits per heavy atom. The summed E-state index contributed by atoms with van der Waals surface area (Å²) >= 11 is 1.68. The van der Waals surface area contributed by atoms with E-state index >= 15 is 0 Å². The Labute approximate surface area is 114 Å². The van der Waals surface area contributed by atoms with Crippen molar-refractivity contribution in [3.8, 4) is 0 Å². The molecule has 2 heterocycles. The number of carbonyl (C=O) groups excluding carboxylic acids is 1. The van der Waals surface area contributed by atoms with E-state index < -0.39 is 20.7 Å². The number of thioether (sulfide) groups is 1. The normalized spacial score (nSPS) is 26.9. The quantitative estimate of drug-likeness (QED) is 0.589. The maximum absolute atomic E-state index is 11.6. The van der Waals surface area contributed by atoms with Crippen LogP contribution in [0.15, 0.2) is 29.2 Å². The second kappa shape index (κ2) is 3.88. The summed E-state index contributed by atoms with van der Waals surface area (Å²) in [5, 5.41) is 0. The van der Waals surface area contributed by atoms with Gasteiger partial charge >= 0.3 is 9.24 Å². The van der Waals surface area contributed by atoms with Crippen LogP contribution in [0.4, 0.5) is 0 Å². The zero-order valence-corrected chi connectivity index (χ0v) is 11.7. The van der Waals surface area contributed by atoms with Crippen molar-refractivity contribution < 1.29 is 13.2 Å². The van der Waals surface area contributed by atoms with Gasteiger partial charge in [-0.15, -0.1) is 11.8 Å². The number of amides is 1. The third-order valence-corrected chi connectivity index (χ3v) is 5.92. The Kier molecular flexibility index (Phi) is 2.66. The molecule has 0 N–H and O–H groups in total. The lowest BCUT2D eigenvalue weighted by Crippen LogP contribution is -2.63. The molecule has 96 valence electrons. The van der Waals surface area contributed by atoms with E-state index in [2.05, 4.69) is 0 Å². The molecule has 0 aromatic heterocycles. The van der Waals surface area contributed by atoms with Crippen molar-refractivity contribution in [2.75, 3.05) is 5.75 Å². The van der Waals surface area contributed by atoms with E-state index in [1.165, 1.54) is 0 Å². The van der Waals surface area contributed by atoms with Crippen LogP contribution >= 0.6 is 22.4 Å². The minimum Gasteiger partial charge on any atom is -0.274 e. The number of hydrogen-bond acceptors (Lipinski definition) is 4. The summed E-state index contributed by atoms with van der Waals surface area (Å²) < 4.78 is 24.0. The van der Waals surface area contributed by atoms with E-state index in [9.17, 15) is 13.2 Å². The lowest BCUT2D eigenvalue weighted by Gasteiger charge is -2.51. The Bertz CT molecular complexity index is 631. The molecule has 0 saturated carbocycles. The van der Waals surface area contributed by atoms with E-state index in [-0.39, 0.29) is 6.42 Å². The third kappa shape index (κ3) is 1.59. The molecule has 2 aliphatic heterocycles. The van der Waals surface area contributed by atoms with Crippen molar-refractivity contribution >= 4 is 37.6 Å². The van der Waals surface area contributed by atoms with Crippen molar-refractivity contribution in [1.29, 1.82) is 0 Å². The van der Waals surface area contributed by atoms with Crippen LogP contribution in [0.2, 0.25) is 0 Å². The van der Waals surface area contributed by atoms with Gasteiger partial charge in [-0.05, 0) is 18.1 Å². The van der Waals surface area contributed by atoms with Gasteiger partial charge in [-0.1, -0.05) is 18.2 Å². The highest BCUT2D eigenvalue weighted by Gasteiger charge is 2.58. The van der Waals surface area contributed by atoms with Gasteiger partial charge in [-0.2, -0.15) is 8.42 Å². The molecule has 1 spiro atoms. The Hall–Kier alpha value is -0.720. The fourth-order valence-corrected chi connectivity index (χ4v) is 5.56. The topological polar surface area (TPSA) is 54.5 Å². The lowest BCUT2D eigenvalue weighted by molar-refractivity contribution is -0.146. The van der Waals surface area contributed by atoms with Crippen LogP contribution in [0.5, 0.6) is 0 Å². The number of hydrogen-bond donors (Lipinski definition) is 0. The molecule has 1 aromatic rings. The van der Waals surface area contributed by atoms with Gasteiger partial charge in [0.25, 0.3) is 0 Å². The minimum atomic E-state index is -4.02. The van der Waals surface area contributed by atoms with Gasteiger partial charge in [-0.3, -0.25) is 4.79 Å². The first-order chi connectivity index (χ1) is 8.45. The van der Waals surface area contributed by atoms with Gasteiger partial charge in [0.15, 0.2) is 0 Å². The molecular weight excluding hydrogens is 294 g/mol. The van der Waals surface area contributed by atoms with Gasteiger partial charge in [0.05, 0.1) is 12.0 Å². The zero-order chi connectivity index (χ0) is 13.0. The van der Waals surface area contributed by atoms with Crippen LogP contribution in [0, 0.1) is 0 Å². The highest BCUT2D eigenvalue weighted by atomic mass is 35.7. The number of benzene rings is 1. The van der Waals surface area contributed by atoms with Gasteiger partial charge < -0.3 is 0 Å². The molecule has 0 bridgehead atoms. The lowest BCUT2D eigenvalue weighted by atomic mass is 9.77. The number of carbonyl (C=O) groups is 1. The second-order valence-corrected chi connectivity index (χ2v) is 7.90. The maximum Gasteiger partial charge on any atom is 0.324 e. The molecule has 1 amide bonds. The van der Waals surface area contributed by atoms with Gasteiger partial charge in [0.1, 0.15) is 0 Å². The molecule has 7 heteroatoms. The first-order valence-electron chi connectivity index (χ1n) is 5.45. The second-order valence-electron chi connectivity index (χ2n) is 4.40. The molecule has 1 unspecified atom stereocenters. The summed E-state index contributed by atoms with van der Waals surface area (Å²) in [5.41, 5.74) is 0.143. The van der Waals surface area contributed by atoms with Crippen LogP contribution in [0.1, 0.15) is 18.4 Å². The van der Waals surface area contributed by atoms with E-state index in [0.717, 1.165) is 20.5 Å². The third-order valence-electron chi connectivity index (χ3n) is 3.44. The molecule has 1 saturated heterocycles. The Balaban J connectivity index is 2.16. The molecule has 1 atom stereocenters. The molecule has 2 aliphatic rings. The molecule has 3 rings (SSSR count). The number of β-lactam (4-membered cyclic amide) rings is 1. The molecule has 1 aromatic carbocycles. The van der Waals surface area contributed by atoms with Crippen LogP contribution in [-0.2, 0) is 19.6 Å². The summed E-state index contributed by atoms with van der Waals surface area (Å²) in [6.45, 7) is 0. The molecule has 0 radical (unpaired) electrons. The summed E-state index contributed by atoms with van der Waals surface area (Å²) in [6.07, 6.45) is 0.836. The van der Waals surface area contributed by atoms with Gasteiger partial charge in [0, 0.05) is 21.3 Å². The van der Waals surface area contributed by atoms with Gasteiger partial charge in [-0.25, -0.2) is 4.31 Å².